The average molecular weight is 535 g/mol. The number of carbonyl (C=O) groups is 4. The lowest BCUT2D eigenvalue weighted by Gasteiger charge is -2.26. The van der Waals surface area contributed by atoms with Crippen LogP contribution in [0.15, 0.2) is 48.5 Å². The number of hydrogen-bond donors (Lipinski definition) is 4. The second kappa shape index (κ2) is 12.5. The number of hydrogen-bond acceptors (Lipinski definition) is 4. The Morgan fingerprint density at radius 3 is 1.21 bits per heavy atom. The Bertz CT molecular complexity index is 1080. The summed E-state index contributed by atoms with van der Waals surface area (Å²) in [4.78, 5) is 47.9. The maximum atomic E-state index is 12.6. The van der Waals surface area contributed by atoms with Gasteiger partial charge in [0.1, 0.15) is 0 Å². The van der Waals surface area contributed by atoms with Gasteiger partial charge in [-0.3, -0.25) is 19.2 Å². The van der Waals surface area contributed by atoms with E-state index in [0.29, 0.717) is 17.8 Å². The van der Waals surface area contributed by atoms with Crippen molar-refractivity contribution in [3.63, 3.8) is 0 Å². The minimum absolute atomic E-state index is 0.0350. The first kappa shape index (κ1) is 28.3. The number of rotatable bonds is 12. The van der Waals surface area contributed by atoms with Gasteiger partial charge >= 0.3 is 11.9 Å². The van der Waals surface area contributed by atoms with Gasteiger partial charge in [0.15, 0.2) is 0 Å². The highest BCUT2D eigenvalue weighted by molar-refractivity contribution is 5.92. The van der Waals surface area contributed by atoms with Gasteiger partial charge in [-0.05, 0) is 78.3 Å². The lowest BCUT2D eigenvalue weighted by atomic mass is 9.79. The maximum absolute atomic E-state index is 12.6. The predicted octanol–water partition coefficient (Wildman–Crippen LogP) is 6.00. The van der Waals surface area contributed by atoms with Crippen molar-refractivity contribution >= 4 is 35.1 Å². The molecule has 0 radical (unpaired) electrons. The first-order valence-electron chi connectivity index (χ1n) is 13.9. The molecule has 4 N–H and O–H groups in total. The molecule has 0 aliphatic heterocycles. The van der Waals surface area contributed by atoms with Crippen LogP contribution in [0.25, 0.3) is 0 Å². The fourth-order valence-electron chi connectivity index (χ4n) is 6.46. The van der Waals surface area contributed by atoms with Crippen LogP contribution in [0.3, 0.4) is 0 Å². The smallest absolute Gasteiger partial charge is 0.303 e. The molecule has 2 aromatic rings. The molecule has 39 heavy (non-hydrogen) atoms. The van der Waals surface area contributed by atoms with Gasteiger partial charge in [-0.2, -0.15) is 0 Å². The van der Waals surface area contributed by atoms with E-state index in [9.17, 15) is 29.4 Å². The minimum Gasteiger partial charge on any atom is -0.481 e. The summed E-state index contributed by atoms with van der Waals surface area (Å²) in [5.74, 6) is -1.99. The Balaban J connectivity index is 1.27. The van der Waals surface area contributed by atoms with E-state index in [0.717, 1.165) is 62.5 Å². The zero-order chi connectivity index (χ0) is 27.9. The summed E-state index contributed by atoms with van der Waals surface area (Å²) in [6, 6.07) is 15.3. The fraction of sp³-hybridized carbons (Fsp3) is 0.484. The van der Waals surface area contributed by atoms with Gasteiger partial charge in [0, 0.05) is 24.2 Å². The average Bonchev–Trinajstić information content (AvgIpc) is 3.50. The molecule has 0 spiro atoms. The Labute approximate surface area is 229 Å². The van der Waals surface area contributed by atoms with Crippen molar-refractivity contribution in [1.29, 1.82) is 0 Å². The summed E-state index contributed by atoms with van der Waals surface area (Å²) >= 11 is 0. The molecule has 2 saturated carbocycles. The topological polar surface area (TPSA) is 133 Å². The molecule has 2 aliphatic carbocycles. The first-order chi connectivity index (χ1) is 18.6. The van der Waals surface area contributed by atoms with Crippen molar-refractivity contribution in [2.75, 3.05) is 10.6 Å². The number of amides is 2. The van der Waals surface area contributed by atoms with E-state index < -0.39 is 22.8 Å². The summed E-state index contributed by atoms with van der Waals surface area (Å²) in [6.45, 7) is 0. The third-order valence-corrected chi connectivity index (χ3v) is 8.34. The maximum Gasteiger partial charge on any atom is 0.303 e. The van der Waals surface area contributed by atoms with Gasteiger partial charge in [-0.15, -0.1) is 0 Å². The monoisotopic (exact) mass is 534 g/mol. The van der Waals surface area contributed by atoms with Crippen LogP contribution in [-0.4, -0.2) is 34.0 Å². The third kappa shape index (κ3) is 8.15. The number of nitrogens with one attached hydrogen (secondary N) is 2. The van der Waals surface area contributed by atoms with Crippen molar-refractivity contribution in [1.82, 2.24) is 0 Å². The Kier molecular flexibility index (Phi) is 9.04. The summed E-state index contributed by atoms with van der Waals surface area (Å²) in [5.41, 5.74) is 2.65. The molecule has 8 nitrogen and oxygen atoms in total. The summed E-state index contributed by atoms with van der Waals surface area (Å²) in [7, 11) is 0. The molecule has 0 bridgehead atoms. The lowest BCUT2D eigenvalue weighted by Crippen LogP contribution is -2.27. The van der Waals surface area contributed by atoms with E-state index in [1.807, 2.05) is 48.5 Å². The summed E-state index contributed by atoms with van der Waals surface area (Å²) < 4.78 is 0. The molecular formula is C31H38N2O6. The van der Waals surface area contributed by atoms with E-state index in [1.54, 1.807) is 0 Å². The normalized spacial score (nSPS) is 17.4. The van der Waals surface area contributed by atoms with Gasteiger partial charge in [-0.25, -0.2) is 0 Å². The van der Waals surface area contributed by atoms with Crippen LogP contribution in [0.5, 0.6) is 0 Å². The quantitative estimate of drug-likeness (QED) is 0.264. The van der Waals surface area contributed by atoms with E-state index in [4.69, 9.17) is 0 Å². The van der Waals surface area contributed by atoms with Crippen LogP contribution in [0, 0.1) is 10.8 Å². The van der Waals surface area contributed by atoms with Gasteiger partial charge in [0.2, 0.25) is 11.8 Å². The molecule has 208 valence electrons. The van der Waals surface area contributed by atoms with Crippen LogP contribution < -0.4 is 10.6 Å². The van der Waals surface area contributed by atoms with Crippen molar-refractivity contribution in [3.8, 4) is 0 Å². The van der Waals surface area contributed by atoms with E-state index in [2.05, 4.69) is 10.6 Å². The highest BCUT2D eigenvalue weighted by Crippen LogP contribution is 2.45. The molecular weight excluding hydrogens is 496 g/mol. The van der Waals surface area contributed by atoms with E-state index in [1.165, 1.54) is 0 Å². The molecule has 0 saturated heterocycles. The van der Waals surface area contributed by atoms with Crippen LogP contribution >= 0.6 is 0 Å². The SMILES string of the molecule is O=C(O)CC1(CC(=O)Nc2ccc(Cc3ccc(NC(=O)CC4(CC(=O)O)CCCC4)cc3)cc2)CCCC1. The predicted molar refractivity (Wildman–Crippen MR) is 148 cm³/mol. The van der Waals surface area contributed by atoms with Crippen molar-refractivity contribution < 1.29 is 29.4 Å². The Hall–Kier alpha value is -3.68. The number of carboxylic acid groups (broad SMARTS) is 2. The summed E-state index contributed by atoms with van der Waals surface area (Å²) in [6.07, 6.45) is 8.19. The number of anilines is 2. The van der Waals surface area contributed by atoms with Crippen LogP contribution in [-0.2, 0) is 25.6 Å². The molecule has 2 amide bonds. The molecule has 8 heteroatoms. The number of aliphatic carboxylic acids is 2. The van der Waals surface area contributed by atoms with Gasteiger partial charge in [0.25, 0.3) is 0 Å². The minimum atomic E-state index is -0.849. The second-order valence-corrected chi connectivity index (χ2v) is 11.6. The highest BCUT2D eigenvalue weighted by atomic mass is 16.4. The molecule has 2 aromatic carbocycles. The molecule has 2 aliphatic rings. The standard InChI is InChI=1S/C31H38N2O6/c34-26(18-30(20-28(36)37)13-1-2-14-30)32-24-9-5-22(6-10-24)17-23-7-11-25(12-8-23)33-27(35)19-31(21-29(38)39)15-3-4-16-31/h5-12H,1-4,13-21H2,(H,32,34)(H,33,35)(H,36,37)(H,38,39). The molecule has 0 aromatic heterocycles. The number of carboxylic acids is 2. The largest absolute Gasteiger partial charge is 0.481 e. The van der Waals surface area contributed by atoms with Gasteiger partial charge < -0.3 is 20.8 Å². The lowest BCUT2D eigenvalue weighted by molar-refractivity contribution is -0.141. The third-order valence-electron chi connectivity index (χ3n) is 8.34. The van der Waals surface area contributed by atoms with Crippen molar-refractivity contribution in [3.05, 3.63) is 59.7 Å². The van der Waals surface area contributed by atoms with Gasteiger partial charge in [0.05, 0.1) is 12.8 Å². The van der Waals surface area contributed by atoms with Crippen LogP contribution in [0.2, 0.25) is 0 Å². The van der Waals surface area contributed by atoms with Crippen molar-refractivity contribution in [2.45, 2.75) is 83.5 Å². The Morgan fingerprint density at radius 2 is 0.897 bits per heavy atom. The van der Waals surface area contributed by atoms with E-state index >= 15 is 0 Å². The second-order valence-electron chi connectivity index (χ2n) is 11.6. The van der Waals surface area contributed by atoms with E-state index in [-0.39, 0.29) is 37.5 Å². The first-order valence-corrected chi connectivity index (χ1v) is 13.9. The zero-order valence-corrected chi connectivity index (χ0v) is 22.3. The highest BCUT2D eigenvalue weighted by Gasteiger charge is 2.39. The summed E-state index contributed by atoms with van der Waals surface area (Å²) in [5, 5.41) is 24.4. The van der Waals surface area contributed by atoms with Crippen LogP contribution in [0.4, 0.5) is 11.4 Å². The van der Waals surface area contributed by atoms with Gasteiger partial charge in [-0.1, -0.05) is 49.9 Å². The molecule has 4 rings (SSSR count). The molecule has 0 heterocycles. The zero-order valence-electron chi connectivity index (χ0n) is 22.3. The van der Waals surface area contributed by atoms with Crippen LogP contribution in [0.1, 0.15) is 88.2 Å². The molecule has 0 unspecified atom stereocenters. The number of carbonyl (C=O) groups excluding carboxylic acids is 2. The Morgan fingerprint density at radius 1 is 0.564 bits per heavy atom. The fourth-order valence-corrected chi connectivity index (χ4v) is 6.46. The number of benzene rings is 2. The molecule has 2 fully saturated rings. The molecule has 0 atom stereocenters. The van der Waals surface area contributed by atoms with Crippen molar-refractivity contribution in [2.24, 2.45) is 10.8 Å².